The van der Waals surface area contributed by atoms with Crippen LogP contribution >= 0.6 is 11.6 Å². The SMILES string of the molecule is CC(=O)OC[C@H]1O[C@H](OC[C@H]2O[C@H](OCCCl)[C@@H](OC(C)=O)[C@@H]2OC(C)=O)[C@@H](OC(C)=O)[C@@H]1OC(C)=O. The second kappa shape index (κ2) is 14.4. The van der Waals surface area contributed by atoms with Gasteiger partial charge in [0, 0.05) is 40.5 Å². The summed E-state index contributed by atoms with van der Waals surface area (Å²) in [4.78, 5) is 58.1. The molecule has 0 spiro atoms. The van der Waals surface area contributed by atoms with Gasteiger partial charge in [-0.2, -0.15) is 0 Å². The number of rotatable bonds is 12. The molecule has 0 amide bonds. The van der Waals surface area contributed by atoms with E-state index in [0.29, 0.717) is 0 Å². The Morgan fingerprint density at radius 3 is 1.41 bits per heavy atom. The van der Waals surface area contributed by atoms with Crippen LogP contribution in [-0.2, 0) is 66.6 Å². The summed E-state index contributed by atoms with van der Waals surface area (Å²) in [6.07, 6.45) is -9.12. The number of hydrogen-bond donors (Lipinski definition) is 0. The maximum Gasteiger partial charge on any atom is 0.303 e. The van der Waals surface area contributed by atoms with Crippen LogP contribution in [0.5, 0.6) is 0 Å². The van der Waals surface area contributed by atoms with E-state index in [1.54, 1.807) is 0 Å². The summed E-state index contributed by atoms with van der Waals surface area (Å²) < 4.78 is 49.0. The molecule has 0 aliphatic carbocycles. The zero-order chi connectivity index (χ0) is 27.7. The molecule has 8 atom stereocenters. The summed E-state index contributed by atoms with van der Waals surface area (Å²) in [5.41, 5.74) is 0. The molecule has 0 N–H and O–H groups in total. The molecule has 15 heteroatoms. The summed E-state index contributed by atoms with van der Waals surface area (Å²) in [6, 6.07) is 0. The quantitative estimate of drug-likeness (QED) is 0.179. The summed E-state index contributed by atoms with van der Waals surface area (Å²) in [7, 11) is 0. The van der Waals surface area contributed by atoms with Gasteiger partial charge in [0.05, 0.1) is 13.2 Å². The van der Waals surface area contributed by atoms with Gasteiger partial charge in [-0.1, -0.05) is 0 Å². The van der Waals surface area contributed by atoms with E-state index in [1.165, 1.54) is 13.8 Å². The molecule has 0 aromatic rings. The molecule has 0 bridgehead atoms. The molecule has 2 heterocycles. The summed E-state index contributed by atoms with van der Waals surface area (Å²) >= 11 is 5.68. The van der Waals surface area contributed by atoms with Crippen LogP contribution in [0.3, 0.4) is 0 Å². The third-order valence-corrected chi connectivity index (χ3v) is 5.13. The number of alkyl halides is 1. The van der Waals surface area contributed by atoms with Gasteiger partial charge in [0.2, 0.25) is 0 Å². The lowest BCUT2D eigenvalue weighted by Gasteiger charge is -2.25. The van der Waals surface area contributed by atoms with Crippen molar-refractivity contribution in [1.82, 2.24) is 0 Å². The van der Waals surface area contributed by atoms with E-state index >= 15 is 0 Å². The highest BCUT2D eigenvalue weighted by Crippen LogP contribution is 2.32. The third-order valence-electron chi connectivity index (χ3n) is 4.98. The zero-order valence-corrected chi connectivity index (χ0v) is 21.8. The van der Waals surface area contributed by atoms with Crippen molar-refractivity contribution in [2.45, 2.75) is 83.8 Å². The van der Waals surface area contributed by atoms with Crippen LogP contribution in [0.4, 0.5) is 0 Å². The number of hydrogen-bond acceptors (Lipinski definition) is 14. The normalized spacial score (nSPS) is 30.9. The second-order valence-corrected chi connectivity index (χ2v) is 8.46. The molecule has 0 aromatic heterocycles. The highest BCUT2D eigenvalue weighted by molar-refractivity contribution is 6.17. The average Bonchev–Trinajstić information content (AvgIpc) is 3.25. The smallest absolute Gasteiger partial charge is 0.303 e. The minimum Gasteiger partial charge on any atom is -0.463 e. The lowest BCUT2D eigenvalue weighted by atomic mass is 10.1. The highest BCUT2D eigenvalue weighted by Gasteiger charge is 2.53. The molecule has 2 saturated heterocycles. The Morgan fingerprint density at radius 1 is 0.595 bits per heavy atom. The zero-order valence-electron chi connectivity index (χ0n) is 21.0. The molecule has 0 aromatic carbocycles. The van der Waals surface area contributed by atoms with Gasteiger partial charge in [-0.3, -0.25) is 24.0 Å². The van der Waals surface area contributed by atoms with E-state index in [9.17, 15) is 24.0 Å². The lowest BCUT2D eigenvalue weighted by Crippen LogP contribution is -2.44. The molecular weight excluding hydrogens is 524 g/mol. The van der Waals surface area contributed by atoms with Gasteiger partial charge in [-0.25, -0.2) is 0 Å². The Morgan fingerprint density at radius 2 is 1.00 bits per heavy atom. The van der Waals surface area contributed by atoms with Crippen LogP contribution in [0.15, 0.2) is 0 Å². The molecule has 0 saturated carbocycles. The molecule has 0 unspecified atom stereocenters. The predicted molar refractivity (Wildman–Crippen MR) is 119 cm³/mol. The first kappa shape index (κ1) is 30.7. The Hall–Kier alpha value is -2.52. The molecule has 0 radical (unpaired) electrons. The first-order valence-electron chi connectivity index (χ1n) is 11.3. The number of carbonyl (C=O) groups is 5. The maximum atomic E-state index is 11.8. The van der Waals surface area contributed by atoms with E-state index in [2.05, 4.69) is 0 Å². The van der Waals surface area contributed by atoms with E-state index < -0.39 is 79.1 Å². The highest BCUT2D eigenvalue weighted by atomic mass is 35.5. The van der Waals surface area contributed by atoms with Crippen molar-refractivity contribution < 1.29 is 66.6 Å². The van der Waals surface area contributed by atoms with Crippen LogP contribution in [-0.4, -0.2) is 105 Å². The third kappa shape index (κ3) is 9.38. The Bertz CT molecular complexity index is 834. The van der Waals surface area contributed by atoms with Crippen LogP contribution in [0.2, 0.25) is 0 Å². The van der Waals surface area contributed by atoms with E-state index in [1.807, 2.05) is 0 Å². The van der Waals surface area contributed by atoms with Gasteiger partial charge < -0.3 is 42.6 Å². The molecule has 14 nitrogen and oxygen atoms in total. The summed E-state index contributed by atoms with van der Waals surface area (Å²) in [5, 5.41) is 0. The van der Waals surface area contributed by atoms with Crippen LogP contribution in [0.25, 0.3) is 0 Å². The molecular formula is C22H31ClO14. The molecule has 2 aliphatic rings. The lowest BCUT2D eigenvalue weighted by molar-refractivity contribution is -0.213. The summed E-state index contributed by atoms with van der Waals surface area (Å²) in [5.74, 6) is -3.25. The first-order valence-corrected chi connectivity index (χ1v) is 11.9. The van der Waals surface area contributed by atoms with E-state index in [0.717, 1.165) is 20.8 Å². The molecule has 2 aliphatic heterocycles. The van der Waals surface area contributed by atoms with Crippen molar-refractivity contribution >= 4 is 41.4 Å². The van der Waals surface area contributed by atoms with Gasteiger partial charge in [0.15, 0.2) is 37.0 Å². The Labute approximate surface area is 218 Å². The van der Waals surface area contributed by atoms with Gasteiger partial charge in [-0.05, 0) is 0 Å². The van der Waals surface area contributed by atoms with Crippen molar-refractivity contribution in [3.05, 3.63) is 0 Å². The van der Waals surface area contributed by atoms with Crippen molar-refractivity contribution in [3.8, 4) is 0 Å². The minimum atomic E-state index is -1.30. The predicted octanol–water partition coefficient (Wildman–Crippen LogP) is -0.00190. The molecule has 37 heavy (non-hydrogen) atoms. The monoisotopic (exact) mass is 554 g/mol. The maximum absolute atomic E-state index is 11.8. The van der Waals surface area contributed by atoms with Crippen LogP contribution < -0.4 is 0 Å². The Kier molecular flexibility index (Phi) is 12.0. The largest absolute Gasteiger partial charge is 0.463 e. The van der Waals surface area contributed by atoms with E-state index in [-0.39, 0.29) is 25.7 Å². The fourth-order valence-corrected chi connectivity index (χ4v) is 3.86. The summed E-state index contributed by atoms with van der Waals surface area (Å²) in [6.45, 7) is 5.21. The molecule has 2 rings (SSSR count). The van der Waals surface area contributed by atoms with Crippen molar-refractivity contribution in [1.29, 1.82) is 0 Å². The first-order chi connectivity index (χ1) is 17.4. The van der Waals surface area contributed by atoms with Crippen molar-refractivity contribution in [2.24, 2.45) is 0 Å². The number of halogens is 1. The standard InChI is InChI=1S/C22H31ClO14/c1-10(24)30-8-15-17(32-11(2)25)20(35-14(5)28)22(37-15)31-9-16-18(33-12(3)26)19(34-13(4)27)21(36-16)29-7-6-23/h15-22H,6-9H2,1-5H3/t15-,16-,17-,18-,19+,20+,21+,22+/m1/s1. The second-order valence-electron chi connectivity index (χ2n) is 8.08. The average molecular weight is 555 g/mol. The molecule has 2 fully saturated rings. The van der Waals surface area contributed by atoms with Crippen LogP contribution in [0.1, 0.15) is 34.6 Å². The van der Waals surface area contributed by atoms with Gasteiger partial charge in [-0.15, -0.1) is 11.6 Å². The number of carbonyl (C=O) groups excluding carboxylic acids is 5. The minimum absolute atomic E-state index is 0.0481. The number of ether oxygens (including phenoxy) is 9. The van der Waals surface area contributed by atoms with Crippen LogP contribution in [0, 0.1) is 0 Å². The van der Waals surface area contributed by atoms with Gasteiger partial charge >= 0.3 is 29.8 Å². The van der Waals surface area contributed by atoms with Gasteiger partial charge in [0.1, 0.15) is 18.8 Å². The van der Waals surface area contributed by atoms with Gasteiger partial charge in [0.25, 0.3) is 0 Å². The fraction of sp³-hybridized carbons (Fsp3) is 0.773. The van der Waals surface area contributed by atoms with E-state index in [4.69, 9.17) is 54.2 Å². The fourth-order valence-electron chi connectivity index (χ4n) is 3.77. The van der Waals surface area contributed by atoms with Crippen molar-refractivity contribution in [2.75, 3.05) is 25.7 Å². The van der Waals surface area contributed by atoms with Crippen molar-refractivity contribution in [3.63, 3.8) is 0 Å². The number of esters is 5. The topological polar surface area (TPSA) is 168 Å². The Balaban J connectivity index is 2.23. The molecule has 210 valence electrons.